The number of oxazole rings is 1. The van der Waals surface area contributed by atoms with Gasteiger partial charge in [0.1, 0.15) is 6.26 Å². The zero-order valence-corrected chi connectivity index (χ0v) is 19.0. The van der Waals surface area contributed by atoms with Gasteiger partial charge >= 0.3 is 0 Å². The molecule has 6 rings (SSSR count). The van der Waals surface area contributed by atoms with E-state index in [4.69, 9.17) is 25.5 Å². The molecule has 0 bridgehead atoms. The summed E-state index contributed by atoms with van der Waals surface area (Å²) >= 11 is 6.21. The van der Waals surface area contributed by atoms with Gasteiger partial charge in [-0.3, -0.25) is 4.79 Å². The topological polar surface area (TPSA) is 64.8 Å². The maximum atomic E-state index is 12.6. The van der Waals surface area contributed by atoms with Crippen LogP contribution in [0.15, 0.2) is 65.4 Å². The van der Waals surface area contributed by atoms with Gasteiger partial charge in [-0.2, -0.15) is 0 Å². The number of carbonyl (C=O) groups is 1. The first-order chi connectivity index (χ1) is 16.6. The Morgan fingerprint density at radius 1 is 0.971 bits per heavy atom. The number of benzene rings is 3. The van der Waals surface area contributed by atoms with Gasteiger partial charge in [-0.05, 0) is 64.2 Å². The highest BCUT2D eigenvalue weighted by atomic mass is 35.5. The van der Waals surface area contributed by atoms with Crippen LogP contribution in [0.25, 0.3) is 34.7 Å². The lowest BCUT2D eigenvalue weighted by molar-refractivity contribution is -0.116. The molecule has 4 aromatic rings. The fraction of sp³-hybridized carbons (Fsp3) is 0.111. The molecule has 0 spiro atoms. The maximum Gasteiger partial charge on any atom is 0.231 e. The largest absolute Gasteiger partial charge is 0.454 e. The quantitative estimate of drug-likeness (QED) is 0.338. The molecule has 0 unspecified atom stereocenters. The third-order valence-corrected chi connectivity index (χ3v) is 6.30. The van der Waals surface area contributed by atoms with Crippen LogP contribution in [0.3, 0.4) is 0 Å². The third-order valence-electron chi connectivity index (χ3n) is 6.06. The molecule has 3 aromatic carbocycles. The van der Waals surface area contributed by atoms with Crippen molar-refractivity contribution in [1.29, 1.82) is 0 Å². The van der Waals surface area contributed by atoms with E-state index in [1.807, 2.05) is 36.4 Å². The van der Waals surface area contributed by atoms with Crippen LogP contribution in [0.1, 0.15) is 23.6 Å². The van der Waals surface area contributed by atoms with Gasteiger partial charge in [0.05, 0.1) is 18.4 Å². The van der Waals surface area contributed by atoms with E-state index in [0.717, 1.165) is 39.1 Å². The molecule has 2 aliphatic rings. The standard InChI is InChI=1S/C27H19ClN2O4/c1-16(31)30-14-20-10-18(4-2-17(20)3-5-19-11-21(28)6-7-24(19)30)22-12-25-26(34-15-33-25)13-23(22)27-29-8-9-32-27/h2-13H,14-15H2,1H3. The van der Waals surface area contributed by atoms with Crippen molar-refractivity contribution in [3.05, 3.63) is 82.7 Å². The Morgan fingerprint density at radius 3 is 2.53 bits per heavy atom. The molecule has 0 N–H and O–H groups in total. The van der Waals surface area contributed by atoms with Gasteiger partial charge in [-0.15, -0.1) is 0 Å². The SMILES string of the molecule is CC(=O)N1Cc2cc(-c3cc4c(cc3-c3ncco3)OCO4)ccc2C=Cc2cc(Cl)ccc21. The molecule has 0 saturated heterocycles. The highest BCUT2D eigenvalue weighted by Gasteiger charge is 2.23. The van der Waals surface area contributed by atoms with Gasteiger partial charge in [0.25, 0.3) is 0 Å². The van der Waals surface area contributed by atoms with Gasteiger partial charge in [-0.25, -0.2) is 4.98 Å². The van der Waals surface area contributed by atoms with Crippen LogP contribution in [-0.2, 0) is 11.3 Å². The van der Waals surface area contributed by atoms with Crippen molar-refractivity contribution < 1.29 is 18.7 Å². The number of anilines is 1. The molecule has 1 aromatic heterocycles. The van der Waals surface area contributed by atoms with Crippen molar-refractivity contribution in [2.45, 2.75) is 13.5 Å². The molecule has 168 valence electrons. The number of carbonyl (C=O) groups excluding carboxylic acids is 1. The van der Waals surface area contributed by atoms with Crippen molar-refractivity contribution in [2.24, 2.45) is 0 Å². The van der Waals surface area contributed by atoms with Crippen molar-refractivity contribution in [3.8, 4) is 34.1 Å². The zero-order chi connectivity index (χ0) is 23.2. The van der Waals surface area contributed by atoms with E-state index in [2.05, 4.69) is 23.2 Å². The van der Waals surface area contributed by atoms with E-state index in [0.29, 0.717) is 29.0 Å². The van der Waals surface area contributed by atoms with Crippen LogP contribution >= 0.6 is 11.6 Å². The lowest BCUT2D eigenvalue weighted by Crippen LogP contribution is -2.29. The molecular weight excluding hydrogens is 452 g/mol. The summed E-state index contributed by atoms with van der Waals surface area (Å²) in [5, 5.41) is 0.630. The van der Waals surface area contributed by atoms with Crippen LogP contribution in [0.5, 0.6) is 11.5 Å². The highest BCUT2D eigenvalue weighted by molar-refractivity contribution is 6.30. The van der Waals surface area contributed by atoms with Gasteiger partial charge < -0.3 is 18.8 Å². The predicted molar refractivity (Wildman–Crippen MR) is 131 cm³/mol. The van der Waals surface area contributed by atoms with Gasteiger partial charge in [0.15, 0.2) is 11.5 Å². The Hall–Kier alpha value is -4.03. The van der Waals surface area contributed by atoms with Crippen LogP contribution in [0.2, 0.25) is 5.02 Å². The fourth-order valence-electron chi connectivity index (χ4n) is 4.41. The number of aromatic nitrogens is 1. The Bertz CT molecular complexity index is 1460. The molecule has 0 saturated carbocycles. The summed E-state index contributed by atoms with van der Waals surface area (Å²) in [6.45, 7) is 2.18. The average Bonchev–Trinajstić information content (AvgIpc) is 3.51. The monoisotopic (exact) mass is 470 g/mol. The second-order valence-corrected chi connectivity index (χ2v) is 8.58. The van der Waals surface area contributed by atoms with E-state index in [-0.39, 0.29) is 12.7 Å². The predicted octanol–water partition coefficient (Wildman–Crippen LogP) is 6.43. The number of hydrogen-bond donors (Lipinski definition) is 0. The Kier molecular flexibility index (Phi) is 4.89. The average molecular weight is 471 g/mol. The Labute approximate surface area is 201 Å². The van der Waals surface area contributed by atoms with Crippen molar-refractivity contribution in [3.63, 3.8) is 0 Å². The molecular formula is C27H19ClN2O4. The minimum absolute atomic E-state index is 0.0428. The van der Waals surface area contributed by atoms with E-state index < -0.39 is 0 Å². The summed E-state index contributed by atoms with van der Waals surface area (Å²) in [6, 6.07) is 15.6. The molecule has 3 heterocycles. The molecule has 6 nitrogen and oxygen atoms in total. The van der Waals surface area contributed by atoms with Crippen LogP contribution in [-0.4, -0.2) is 17.7 Å². The number of amides is 1. The van der Waals surface area contributed by atoms with E-state index in [1.165, 1.54) is 0 Å². The maximum absolute atomic E-state index is 12.6. The molecule has 34 heavy (non-hydrogen) atoms. The van der Waals surface area contributed by atoms with Crippen LogP contribution in [0, 0.1) is 0 Å². The first kappa shape index (κ1) is 20.6. The summed E-state index contributed by atoms with van der Waals surface area (Å²) in [4.78, 5) is 18.7. The minimum Gasteiger partial charge on any atom is -0.454 e. The molecule has 2 aliphatic heterocycles. The fourth-order valence-corrected chi connectivity index (χ4v) is 4.59. The second kappa shape index (κ2) is 8.08. The normalized spacial score (nSPS) is 13.8. The number of rotatable bonds is 2. The number of nitrogens with zero attached hydrogens (tertiary/aromatic N) is 2. The van der Waals surface area contributed by atoms with Crippen molar-refractivity contribution in [2.75, 3.05) is 11.7 Å². The van der Waals surface area contributed by atoms with Gasteiger partial charge in [0.2, 0.25) is 18.6 Å². The third kappa shape index (κ3) is 3.53. The van der Waals surface area contributed by atoms with E-state index in [9.17, 15) is 4.79 Å². The second-order valence-electron chi connectivity index (χ2n) is 8.14. The summed E-state index contributed by atoms with van der Waals surface area (Å²) in [6.07, 6.45) is 7.21. The number of ether oxygens (including phenoxy) is 2. The van der Waals surface area contributed by atoms with Crippen molar-refractivity contribution in [1.82, 2.24) is 4.98 Å². The zero-order valence-electron chi connectivity index (χ0n) is 18.2. The highest BCUT2D eigenvalue weighted by Crippen LogP contribution is 2.43. The van der Waals surface area contributed by atoms with Gasteiger partial charge in [0, 0.05) is 17.5 Å². The first-order valence-electron chi connectivity index (χ1n) is 10.8. The van der Waals surface area contributed by atoms with Gasteiger partial charge in [-0.1, -0.05) is 35.9 Å². The number of fused-ring (bicyclic) bond motifs is 3. The summed E-state index contributed by atoms with van der Waals surface area (Å²) in [7, 11) is 0. The molecule has 0 fully saturated rings. The number of hydrogen-bond acceptors (Lipinski definition) is 5. The van der Waals surface area contributed by atoms with Crippen LogP contribution in [0.4, 0.5) is 5.69 Å². The Balaban J connectivity index is 1.50. The summed E-state index contributed by atoms with van der Waals surface area (Å²) in [5.74, 6) is 1.78. The lowest BCUT2D eigenvalue weighted by atomic mass is 9.93. The van der Waals surface area contributed by atoms with Crippen LogP contribution < -0.4 is 14.4 Å². The molecule has 0 radical (unpaired) electrons. The number of halogens is 1. The smallest absolute Gasteiger partial charge is 0.231 e. The molecule has 1 amide bonds. The minimum atomic E-state index is -0.0428. The molecule has 7 heteroatoms. The summed E-state index contributed by atoms with van der Waals surface area (Å²) in [5.41, 5.74) is 6.44. The summed E-state index contributed by atoms with van der Waals surface area (Å²) < 4.78 is 16.8. The van der Waals surface area contributed by atoms with Crippen molar-refractivity contribution >= 4 is 35.3 Å². The lowest BCUT2D eigenvalue weighted by Gasteiger charge is -2.26. The first-order valence-corrected chi connectivity index (χ1v) is 11.2. The van der Waals surface area contributed by atoms with E-state index in [1.54, 1.807) is 30.4 Å². The Morgan fingerprint density at radius 2 is 1.76 bits per heavy atom. The molecule has 0 atom stereocenters. The van der Waals surface area contributed by atoms with E-state index >= 15 is 0 Å². The molecule has 0 aliphatic carbocycles.